The van der Waals surface area contributed by atoms with E-state index >= 15 is 0 Å². The van der Waals surface area contributed by atoms with Crippen molar-refractivity contribution < 1.29 is 18.0 Å². The van der Waals surface area contributed by atoms with Gasteiger partial charge < -0.3 is 0 Å². The van der Waals surface area contributed by atoms with Crippen LogP contribution >= 0.6 is 15.9 Å². The number of alkyl halides is 3. The Labute approximate surface area is 127 Å². The molecule has 0 aliphatic rings. The minimum absolute atomic E-state index is 0.0460. The highest BCUT2D eigenvalue weighted by Crippen LogP contribution is 2.34. The van der Waals surface area contributed by atoms with Gasteiger partial charge in [-0.05, 0) is 24.6 Å². The van der Waals surface area contributed by atoms with Crippen LogP contribution < -0.4 is 0 Å². The van der Waals surface area contributed by atoms with Crippen LogP contribution in [0.5, 0.6) is 0 Å². The van der Waals surface area contributed by atoms with Crippen molar-refractivity contribution in [2.75, 3.05) is 0 Å². The molecule has 1 aromatic carbocycles. The standard InChI is InChI=1S/C13H11BrF3N3O/c1-2-5-20-11(7-18-19-20)12(21)9-4-3-8(14)6-10(9)13(15,16)17/h3-4,6-7H,2,5H2,1H3. The summed E-state index contributed by atoms with van der Waals surface area (Å²) in [7, 11) is 0. The molecule has 112 valence electrons. The van der Waals surface area contributed by atoms with Crippen LogP contribution in [0.25, 0.3) is 0 Å². The van der Waals surface area contributed by atoms with Crippen LogP contribution in [-0.2, 0) is 12.7 Å². The van der Waals surface area contributed by atoms with Crippen molar-refractivity contribution in [1.82, 2.24) is 15.0 Å². The van der Waals surface area contributed by atoms with Gasteiger partial charge in [0.1, 0.15) is 5.69 Å². The molecule has 1 heterocycles. The van der Waals surface area contributed by atoms with Crippen LogP contribution in [0.4, 0.5) is 13.2 Å². The average molecular weight is 362 g/mol. The Bertz CT molecular complexity index is 667. The first kappa shape index (κ1) is 15.7. The minimum Gasteiger partial charge on any atom is -0.287 e. The topological polar surface area (TPSA) is 47.8 Å². The smallest absolute Gasteiger partial charge is 0.287 e. The molecule has 21 heavy (non-hydrogen) atoms. The molecule has 0 fully saturated rings. The number of ketones is 1. The van der Waals surface area contributed by atoms with Gasteiger partial charge in [-0.25, -0.2) is 4.68 Å². The Balaban J connectivity index is 2.51. The average Bonchev–Trinajstić information content (AvgIpc) is 2.85. The molecule has 0 bridgehead atoms. The number of carbonyl (C=O) groups excluding carboxylic acids is 1. The van der Waals surface area contributed by atoms with Crippen LogP contribution in [0, 0.1) is 0 Å². The second-order valence-electron chi connectivity index (χ2n) is 4.36. The molecule has 0 unspecified atom stereocenters. The second-order valence-corrected chi connectivity index (χ2v) is 5.27. The zero-order chi connectivity index (χ0) is 15.6. The van der Waals surface area contributed by atoms with Crippen molar-refractivity contribution >= 4 is 21.7 Å². The number of nitrogens with zero attached hydrogens (tertiary/aromatic N) is 3. The first-order chi connectivity index (χ1) is 9.84. The molecular formula is C13H11BrF3N3O. The summed E-state index contributed by atoms with van der Waals surface area (Å²) in [5.74, 6) is -0.742. The molecule has 0 radical (unpaired) electrons. The summed E-state index contributed by atoms with van der Waals surface area (Å²) in [5, 5.41) is 7.32. The lowest BCUT2D eigenvalue weighted by Gasteiger charge is -2.12. The van der Waals surface area contributed by atoms with E-state index in [2.05, 4.69) is 26.2 Å². The lowest BCUT2D eigenvalue weighted by Crippen LogP contribution is -2.17. The van der Waals surface area contributed by atoms with Crippen molar-refractivity contribution in [1.29, 1.82) is 0 Å². The highest BCUT2D eigenvalue weighted by molar-refractivity contribution is 9.10. The predicted octanol–water partition coefficient (Wildman–Crippen LogP) is 3.70. The van der Waals surface area contributed by atoms with Crippen molar-refractivity contribution in [3.05, 3.63) is 45.7 Å². The number of aromatic nitrogens is 3. The first-order valence-electron chi connectivity index (χ1n) is 6.14. The van der Waals surface area contributed by atoms with Gasteiger partial charge in [0.2, 0.25) is 5.78 Å². The Morgan fingerprint density at radius 3 is 2.71 bits per heavy atom. The van der Waals surface area contributed by atoms with E-state index in [0.717, 1.165) is 12.1 Å². The maximum absolute atomic E-state index is 13.1. The van der Waals surface area contributed by atoms with E-state index in [1.807, 2.05) is 6.92 Å². The molecule has 1 aromatic heterocycles. The highest BCUT2D eigenvalue weighted by atomic mass is 79.9. The van der Waals surface area contributed by atoms with Gasteiger partial charge in [0.15, 0.2) is 0 Å². The van der Waals surface area contributed by atoms with E-state index < -0.39 is 23.1 Å². The fourth-order valence-corrected chi connectivity index (χ4v) is 2.26. The third kappa shape index (κ3) is 3.31. The molecule has 0 aliphatic heterocycles. The number of hydrogen-bond acceptors (Lipinski definition) is 3. The van der Waals surface area contributed by atoms with E-state index in [9.17, 15) is 18.0 Å². The van der Waals surface area contributed by atoms with Crippen LogP contribution in [0.3, 0.4) is 0 Å². The molecule has 0 spiro atoms. The molecule has 0 amide bonds. The van der Waals surface area contributed by atoms with Crippen LogP contribution in [0.1, 0.15) is 35.0 Å². The highest BCUT2D eigenvalue weighted by Gasteiger charge is 2.36. The van der Waals surface area contributed by atoms with E-state index in [4.69, 9.17) is 0 Å². The van der Waals surface area contributed by atoms with E-state index in [1.165, 1.54) is 16.9 Å². The molecule has 0 aliphatic carbocycles. The maximum Gasteiger partial charge on any atom is 0.417 e. The fraction of sp³-hybridized carbons (Fsp3) is 0.308. The summed E-state index contributed by atoms with van der Waals surface area (Å²) in [6, 6.07) is 3.44. The normalized spacial score (nSPS) is 11.7. The molecular weight excluding hydrogens is 351 g/mol. The molecule has 0 saturated carbocycles. The third-order valence-electron chi connectivity index (χ3n) is 2.82. The van der Waals surface area contributed by atoms with Gasteiger partial charge in [-0.2, -0.15) is 13.2 Å². The third-order valence-corrected chi connectivity index (χ3v) is 3.31. The minimum atomic E-state index is -4.61. The summed E-state index contributed by atoms with van der Waals surface area (Å²) in [6.07, 6.45) is -2.74. The summed E-state index contributed by atoms with van der Waals surface area (Å²) >= 11 is 2.98. The molecule has 2 aromatic rings. The largest absolute Gasteiger partial charge is 0.417 e. The zero-order valence-electron chi connectivity index (χ0n) is 11.0. The van der Waals surface area contributed by atoms with Gasteiger partial charge in [0.05, 0.1) is 11.8 Å². The van der Waals surface area contributed by atoms with E-state index in [-0.39, 0.29) is 10.2 Å². The number of halogens is 4. The first-order valence-corrected chi connectivity index (χ1v) is 6.93. The number of hydrogen-bond donors (Lipinski definition) is 0. The lowest BCUT2D eigenvalue weighted by atomic mass is 10.0. The Hall–Kier alpha value is -1.70. The van der Waals surface area contributed by atoms with Gasteiger partial charge in [-0.3, -0.25) is 4.79 Å². The number of carbonyl (C=O) groups is 1. The summed E-state index contributed by atoms with van der Waals surface area (Å²) in [6.45, 7) is 2.29. The SMILES string of the molecule is CCCn1nncc1C(=O)c1ccc(Br)cc1C(F)(F)F. The zero-order valence-corrected chi connectivity index (χ0v) is 12.6. The van der Waals surface area contributed by atoms with Crippen molar-refractivity contribution in [3.63, 3.8) is 0 Å². The number of benzene rings is 1. The molecule has 8 heteroatoms. The quantitative estimate of drug-likeness (QED) is 0.780. The monoisotopic (exact) mass is 361 g/mol. The van der Waals surface area contributed by atoms with Gasteiger partial charge in [0.25, 0.3) is 0 Å². The van der Waals surface area contributed by atoms with E-state index in [1.54, 1.807) is 0 Å². The van der Waals surface area contributed by atoms with Gasteiger partial charge >= 0.3 is 6.18 Å². The Morgan fingerprint density at radius 1 is 1.38 bits per heavy atom. The van der Waals surface area contributed by atoms with Crippen LogP contribution in [-0.4, -0.2) is 20.8 Å². The second kappa shape index (κ2) is 5.97. The van der Waals surface area contributed by atoms with Crippen molar-refractivity contribution in [2.45, 2.75) is 26.1 Å². The Morgan fingerprint density at radius 2 is 2.10 bits per heavy atom. The van der Waals surface area contributed by atoms with Crippen molar-refractivity contribution in [3.8, 4) is 0 Å². The molecule has 0 N–H and O–H groups in total. The molecule has 2 rings (SSSR count). The van der Waals surface area contributed by atoms with Crippen LogP contribution in [0.2, 0.25) is 0 Å². The maximum atomic E-state index is 13.1. The van der Waals surface area contributed by atoms with Gasteiger partial charge in [-0.1, -0.05) is 28.1 Å². The van der Waals surface area contributed by atoms with E-state index in [0.29, 0.717) is 13.0 Å². The van der Waals surface area contributed by atoms with Gasteiger partial charge in [0, 0.05) is 16.6 Å². The summed E-state index contributed by atoms with van der Waals surface area (Å²) < 4.78 is 40.8. The lowest BCUT2D eigenvalue weighted by molar-refractivity contribution is -0.137. The summed E-state index contributed by atoms with van der Waals surface area (Å²) in [5.41, 5.74) is -1.35. The molecule has 0 saturated heterocycles. The van der Waals surface area contributed by atoms with Crippen LogP contribution in [0.15, 0.2) is 28.9 Å². The molecule has 4 nitrogen and oxygen atoms in total. The summed E-state index contributed by atoms with van der Waals surface area (Å²) in [4.78, 5) is 12.4. The number of rotatable bonds is 4. The Kier molecular flexibility index (Phi) is 4.46. The fourth-order valence-electron chi connectivity index (χ4n) is 1.90. The number of aryl methyl sites for hydroxylation is 1. The molecule has 0 atom stereocenters. The predicted molar refractivity (Wildman–Crippen MR) is 72.9 cm³/mol. The van der Waals surface area contributed by atoms with Gasteiger partial charge in [-0.15, -0.1) is 5.10 Å². The van der Waals surface area contributed by atoms with Crippen molar-refractivity contribution in [2.24, 2.45) is 0 Å².